The Morgan fingerprint density at radius 2 is 1.91 bits per heavy atom. The Hall–Kier alpha value is 0.0369. The molecule has 1 aromatic carbocycles. The van der Waals surface area contributed by atoms with Crippen LogP contribution in [0.25, 0.3) is 0 Å². The van der Waals surface area contributed by atoms with Crippen LogP contribution in [0.2, 0.25) is 18.1 Å². The van der Waals surface area contributed by atoms with E-state index < -0.39 is 27.1 Å². The molecule has 1 rings (SSSR count). The smallest absolute Gasteiger partial charge is 0.193 e. The van der Waals surface area contributed by atoms with E-state index in [4.69, 9.17) is 4.43 Å². The van der Waals surface area contributed by atoms with Crippen LogP contribution in [0.4, 0.5) is 4.39 Å². The van der Waals surface area contributed by atoms with Crippen LogP contribution in [0.3, 0.4) is 0 Å². The number of halogens is 2. The van der Waals surface area contributed by atoms with Gasteiger partial charge in [-0.1, -0.05) is 43.6 Å². The minimum atomic E-state index is -2.95. The molecule has 0 saturated carbocycles. The van der Waals surface area contributed by atoms with Gasteiger partial charge < -0.3 is 8.99 Å². The average molecular weight is 409 g/mol. The fourth-order valence-electron chi connectivity index (χ4n) is 2.10. The molecule has 0 aliphatic heterocycles. The maximum absolute atomic E-state index is 14.3. The van der Waals surface area contributed by atoms with Crippen LogP contribution in [0.15, 0.2) is 22.7 Å². The lowest BCUT2D eigenvalue weighted by Gasteiger charge is -2.40. The molecule has 1 aromatic rings. The minimum absolute atomic E-state index is 0.0259. The molecule has 0 N–H and O–H groups in total. The first kappa shape index (κ1) is 20.1. The Bertz CT molecular complexity index is 584. The quantitative estimate of drug-likeness (QED) is 0.443. The topological polar surface area (TPSA) is 26.3 Å². The molecule has 6 heteroatoms. The number of hydrogen-bond acceptors (Lipinski definition) is 2. The van der Waals surface area contributed by atoms with Crippen molar-refractivity contribution < 1.29 is 13.4 Å². The van der Waals surface area contributed by atoms with Gasteiger partial charge in [-0.25, -0.2) is 4.39 Å². The first-order valence-corrected chi connectivity index (χ1v) is 13.2. The Kier molecular flexibility index (Phi) is 6.28. The molecule has 0 saturated heterocycles. The Morgan fingerprint density at radius 3 is 2.32 bits per heavy atom. The zero-order valence-electron chi connectivity index (χ0n) is 14.5. The largest absolute Gasteiger partial charge is 0.407 e. The molecule has 0 aromatic heterocycles. The van der Waals surface area contributed by atoms with Crippen LogP contribution in [0.5, 0.6) is 0 Å². The van der Waals surface area contributed by atoms with Crippen LogP contribution in [-0.4, -0.2) is 20.3 Å². The Balaban J connectivity index is 3.21. The SMILES string of the molecule is CCP(=O)(c1ccc(Br)cc1F)C(C)O[Si](C)(C)C(C)(C)C. The van der Waals surface area contributed by atoms with Crippen LogP contribution in [0.1, 0.15) is 34.6 Å². The van der Waals surface area contributed by atoms with Gasteiger partial charge in [-0.2, -0.15) is 0 Å². The molecule has 0 heterocycles. The highest BCUT2D eigenvalue weighted by atomic mass is 79.9. The van der Waals surface area contributed by atoms with Crippen molar-refractivity contribution in [3.8, 4) is 0 Å². The fourth-order valence-corrected chi connectivity index (χ4v) is 7.11. The summed E-state index contributed by atoms with van der Waals surface area (Å²) in [5, 5.41) is 0.322. The summed E-state index contributed by atoms with van der Waals surface area (Å²) in [4.78, 5) is 0. The third-order valence-electron chi connectivity index (χ3n) is 4.65. The van der Waals surface area contributed by atoms with E-state index in [0.717, 1.165) is 0 Å². The third-order valence-corrected chi connectivity index (χ3v) is 13.3. The molecule has 2 nitrogen and oxygen atoms in total. The van der Waals surface area contributed by atoms with Crippen LogP contribution < -0.4 is 5.30 Å². The van der Waals surface area contributed by atoms with E-state index >= 15 is 0 Å². The maximum Gasteiger partial charge on any atom is 0.193 e. The molecule has 2 atom stereocenters. The summed E-state index contributed by atoms with van der Waals surface area (Å²) < 4.78 is 34.7. The minimum Gasteiger partial charge on any atom is -0.407 e. The second-order valence-electron chi connectivity index (χ2n) is 7.19. The van der Waals surface area contributed by atoms with E-state index in [-0.39, 0.29) is 5.04 Å². The van der Waals surface area contributed by atoms with E-state index in [9.17, 15) is 8.96 Å². The molecule has 126 valence electrons. The first-order valence-electron chi connectivity index (χ1n) is 7.57. The van der Waals surface area contributed by atoms with Gasteiger partial charge in [-0.3, -0.25) is 0 Å². The standard InChI is InChI=1S/C16H27BrFO2PSi/c1-8-21(19,15-10-9-13(17)11-14(15)18)12(2)20-22(6,7)16(3,4)5/h9-12H,8H2,1-7H3. The first-order chi connectivity index (χ1) is 9.85. The lowest BCUT2D eigenvalue weighted by molar-refractivity contribution is 0.265. The fraction of sp³-hybridized carbons (Fsp3) is 0.625. The molecule has 0 fully saturated rings. The summed E-state index contributed by atoms with van der Waals surface area (Å²) in [6.07, 6.45) is 0.390. The van der Waals surface area contributed by atoms with E-state index in [1.165, 1.54) is 6.07 Å². The highest BCUT2D eigenvalue weighted by Gasteiger charge is 2.43. The van der Waals surface area contributed by atoms with E-state index in [2.05, 4.69) is 49.8 Å². The van der Waals surface area contributed by atoms with E-state index in [1.54, 1.807) is 12.1 Å². The molecule has 2 unspecified atom stereocenters. The maximum atomic E-state index is 14.3. The Morgan fingerprint density at radius 1 is 1.36 bits per heavy atom. The van der Waals surface area contributed by atoms with Gasteiger partial charge in [0, 0.05) is 15.9 Å². The van der Waals surface area contributed by atoms with Crippen LogP contribution >= 0.6 is 23.1 Å². The summed E-state index contributed by atoms with van der Waals surface area (Å²) in [7, 11) is -5.01. The summed E-state index contributed by atoms with van der Waals surface area (Å²) >= 11 is 3.24. The van der Waals surface area contributed by atoms with Crippen molar-refractivity contribution in [3.05, 3.63) is 28.5 Å². The predicted octanol–water partition coefficient (Wildman–Crippen LogP) is 5.96. The summed E-state index contributed by atoms with van der Waals surface area (Å²) in [6.45, 7) is 14.3. The summed E-state index contributed by atoms with van der Waals surface area (Å²) in [6, 6.07) is 4.73. The summed E-state index contributed by atoms with van der Waals surface area (Å²) in [5.74, 6) is -0.903. The van der Waals surface area contributed by atoms with Gasteiger partial charge in [0.05, 0.1) is 5.85 Å². The predicted molar refractivity (Wildman–Crippen MR) is 99.6 cm³/mol. The molecule has 22 heavy (non-hydrogen) atoms. The number of benzene rings is 1. The zero-order valence-corrected chi connectivity index (χ0v) is 18.0. The van der Waals surface area contributed by atoms with Gasteiger partial charge in [-0.15, -0.1) is 0 Å². The van der Waals surface area contributed by atoms with E-state index in [1.807, 2.05) is 13.8 Å². The van der Waals surface area contributed by atoms with Crippen molar-refractivity contribution in [2.75, 3.05) is 6.16 Å². The summed E-state index contributed by atoms with van der Waals surface area (Å²) in [5.41, 5.74) is 0. The average Bonchev–Trinajstić information content (AvgIpc) is 2.35. The second kappa shape index (κ2) is 6.88. The molecule has 0 radical (unpaired) electrons. The third kappa shape index (κ3) is 4.11. The van der Waals surface area contributed by atoms with Crippen molar-refractivity contribution in [3.63, 3.8) is 0 Å². The van der Waals surface area contributed by atoms with Crippen molar-refractivity contribution in [1.82, 2.24) is 0 Å². The van der Waals surface area contributed by atoms with Crippen LogP contribution in [0, 0.1) is 5.82 Å². The van der Waals surface area contributed by atoms with Gasteiger partial charge in [0.2, 0.25) is 0 Å². The molecule has 0 aliphatic carbocycles. The van der Waals surface area contributed by atoms with Gasteiger partial charge >= 0.3 is 0 Å². The number of rotatable bonds is 5. The van der Waals surface area contributed by atoms with Crippen molar-refractivity contribution in [2.45, 2.75) is 58.6 Å². The van der Waals surface area contributed by atoms with Gasteiger partial charge in [-0.05, 0) is 43.3 Å². The van der Waals surface area contributed by atoms with E-state index in [0.29, 0.717) is 15.9 Å². The van der Waals surface area contributed by atoms with Crippen LogP contribution in [-0.2, 0) is 8.99 Å². The van der Waals surface area contributed by atoms with Crippen molar-refractivity contribution >= 4 is 36.7 Å². The second-order valence-corrected chi connectivity index (χ2v) is 16.3. The molecule has 0 aliphatic rings. The molecular weight excluding hydrogens is 382 g/mol. The lowest BCUT2D eigenvalue weighted by atomic mass is 10.2. The zero-order chi connectivity index (χ0) is 17.3. The van der Waals surface area contributed by atoms with Crippen molar-refractivity contribution in [1.29, 1.82) is 0 Å². The number of hydrogen-bond donors (Lipinski definition) is 0. The molecule has 0 bridgehead atoms. The lowest BCUT2D eigenvalue weighted by Crippen LogP contribution is -2.44. The monoisotopic (exact) mass is 408 g/mol. The highest BCUT2D eigenvalue weighted by Crippen LogP contribution is 2.52. The van der Waals surface area contributed by atoms with Gasteiger partial charge in [0.1, 0.15) is 13.0 Å². The normalized spacial score (nSPS) is 17.1. The molecular formula is C16H27BrFO2PSi. The highest BCUT2D eigenvalue weighted by molar-refractivity contribution is 9.10. The van der Waals surface area contributed by atoms with Gasteiger partial charge in [0.25, 0.3) is 0 Å². The van der Waals surface area contributed by atoms with Crippen molar-refractivity contribution in [2.24, 2.45) is 0 Å². The molecule has 0 spiro atoms. The molecule has 0 amide bonds. The Labute approximate surface area is 143 Å². The van der Waals surface area contributed by atoms with Gasteiger partial charge in [0.15, 0.2) is 8.32 Å².